The molecule has 3 N–H and O–H groups in total. The number of H-pyrrole nitrogens is 2. The Morgan fingerprint density at radius 3 is 2.66 bits per heavy atom. The first-order chi connectivity index (χ1) is 18.5. The number of imidazole rings is 1. The normalized spacial score (nSPS) is 11.3. The number of hydrogen-bond donors (Lipinski definition) is 3. The molecule has 0 aliphatic heterocycles. The van der Waals surface area contributed by atoms with E-state index in [1.807, 2.05) is 13.0 Å². The topological polar surface area (TPSA) is 112 Å². The summed E-state index contributed by atoms with van der Waals surface area (Å²) in [4.78, 5) is 28.5. The maximum atomic E-state index is 15.1. The van der Waals surface area contributed by atoms with Crippen LogP contribution in [0.4, 0.5) is 14.5 Å². The number of carbonyl (C=O) groups is 1. The van der Waals surface area contributed by atoms with Gasteiger partial charge in [-0.05, 0) is 53.9 Å². The molecule has 10 heteroatoms. The third-order valence-corrected chi connectivity index (χ3v) is 6.23. The minimum absolute atomic E-state index is 0.108. The molecular weight excluding hydrogens is 488 g/mol. The largest absolute Gasteiger partial charge is 0.335 e. The Morgan fingerprint density at radius 1 is 1.00 bits per heavy atom. The van der Waals surface area contributed by atoms with Gasteiger partial charge in [-0.1, -0.05) is 19.1 Å². The van der Waals surface area contributed by atoms with Crippen molar-refractivity contribution in [1.29, 1.82) is 0 Å². The van der Waals surface area contributed by atoms with Crippen LogP contribution >= 0.6 is 0 Å². The molecule has 6 aromatic rings. The van der Waals surface area contributed by atoms with Crippen molar-refractivity contribution in [3.05, 3.63) is 78.8 Å². The van der Waals surface area contributed by atoms with E-state index in [1.165, 1.54) is 18.2 Å². The number of nitrogens with one attached hydrogen (secondary N) is 3. The summed E-state index contributed by atoms with van der Waals surface area (Å²) in [6.07, 6.45) is 5.92. The molecule has 8 nitrogen and oxygen atoms in total. The Balaban J connectivity index is 1.43. The zero-order chi connectivity index (χ0) is 26.2. The molecule has 0 bridgehead atoms. The summed E-state index contributed by atoms with van der Waals surface area (Å²) >= 11 is 0. The van der Waals surface area contributed by atoms with Crippen LogP contribution in [0, 0.1) is 11.6 Å². The number of benzene rings is 2. The van der Waals surface area contributed by atoms with Gasteiger partial charge in [-0.3, -0.25) is 14.9 Å². The first-order valence-corrected chi connectivity index (χ1v) is 12.0. The van der Waals surface area contributed by atoms with Gasteiger partial charge in [-0.25, -0.2) is 18.7 Å². The molecule has 0 aliphatic carbocycles. The molecule has 0 radical (unpaired) electrons. The highest BCUT2D eigenvalue weighted by Gasteiger charge is 2.18. The smallest absolute Gasteiger partial charge is 0.224 e. The second-order valence-electron chi connectivity index (χ2n) is 8.86. The van der Waals surface area contributed by atoms with E-state index in [-0.39, 0.29) is 17.2 Å². The van der Waals surface area contributed by atoms with E-state index < -0.39 is 5.82 Å². The number of nitrogens with zero attached hydrogens (tertiary/aromatic N) is 4. The molecule has 0 spiro atoms. The standard InChI is InChI=1S/C28H21F2N7O/c1-2-3-23(38)33-19-10-17(13-31-14-19)16-11-21-24(22(30)12-16)36-37-26(21)28-34-25-20(8-9-32-27(25)35-28)15-4-6-18(29)7-5-15/h4-14H,2-3H2,1H3,(H,33,38)(H,36,37)(H,32,34,35). The van der Waals surface area contributed by atoms with Crippen LogP contribution in [0.5, 0.6) is 0 Å². The van der Waals surface area contributed by atoms with Crippen molar-refractivity contribution < 1.29 is 13.6 Å². The number of aromatic amines is 2. The summed E-state index contributed by atoms with van der Waals surface area (Å²) in [5, 5.41) is 10.4. The highest BCUT2D eigenvalue weighted by atomic mass is 19.1. The monoisotopic (exact) mass is 509 g/mol. The molecule has 4 aromatic heterocycles. The van der Waals surface area contributed by atoms with Gasteiger partial charge in [0.25, 0.3) is 0 Å². The van der Waals surface area contributed by atoms with Gasteiger partial charge in [0.1, 0.15) is 17.0 Å². The Bertz CT molecular complexity index is 1810. The van der Waals surface area contributed by atoms with Crippen molar-refractivity contribution in [3.8, 4) is 33.8 Å². The lowest BCUT2D eigenvalue weighted by Crippen LogP contribution is -2.10. The van der Waals surface area contributed by atoms with E-state index in [9.17, 15) is 9.18 Å². The van der Waals surface area contributed by atoms with Crippen molar-refractivity contribution in [2.45, 2.75) is 19.8 Å². The molecule has 0 fully saturated rings. The molecule has 38 heavy (non-hydrogen) atoms. The number of halogens is 2. The third kappa shape index (κ3) is 4.26. The predicted octanol–water partition coefficient (Wildman–Crippen LogP) is 6.25. The SMILES string of the molecule is CCCC(=O)Nc1cncc(-c2cc(F)c3n[nH]c(-c4nc5nccc(-c6ccc(F)cc6)c5[nH]4)c3c2)c1. The number of amides is 1. The second-order valence-corrected chi connectivity index (χ2v) is 8.86. The minimum atomic E-state index is -0.512. The van der Waals surface area contributed by atoms with Crippen LogP contribution in [0.2, 0.25) is 0 Å². The van der Waals surface area contributed by atoms with Crippen LogP contribution in [0.1, 0.15) is 19.8 Å². The van der Waals surface area contributed by atoms with Crippen LogP contribution < -0.4 is 5.32 Å². The van der Waals surface area contributed by atoms with Crippen molar-refractivity contribution >= 4 is 33.7 Å². The van der Waals surface area contributed by atoms with Crippen LogP contribution in [0.15, 0.2) is 67.1 Å². The number of pyridine rings is 2. The number of aromatic nitrogens is 6. The minimum Gasteiger partial charge on any atom is -0.335 e. The van der Waals surface area contributed by atoms with Gasteiger partial charge >= 0.3 is 0 Å². The highest BCUT2D eigenvalue weighted by molar-refractivity contribution is 5.98. The summed E-state index contributed by atoms with van der Waals surface area (Å²) in [5.74, 6) is -0.514. The van der Waals surface area contributed by atoms with Crippen LogP contribution in [0.25, 0.3) is 55.8 Å². The number of rotatable bonds is 6. The first kappa shape index (κ1) is 23.4. The molecule has 188 valence electrons. The Morgan fingerprint density at radius 2 is 1.84 bits per heavy atom. The number of hydrogen-bond acceptors (Lipinski definition) is 5. The Labute approximate surface area is 215 Å². The lowest BCUT2D eigenvalue weighted by molar-refractivity contribution is -0.116. The lowest BCUT2D eigenvalue weighted by atomic mass is 10.0. The van der Waals surface area contributed by atoms with Gasteiger partial charge in [0.05, 0.1) is 17.4 Å². The van der Waals surface area contributed by atoms with Gasteiger partial charge in [-0.15, -0.1) is 0 Å². The fourth-order valence-electron chi connectivity index (χ4n) is 4.44. The lowest BCUT2D eigenvalue weighted by Gasteiger charge is -2.07. The molecule has 6 rings (SSSR count). The van der Waals surface area contributed by atoms with Crippen molar-refractivity contribution in [2.75, 3.05) is 5.32 Å². The highest BCUT2D eigenvalue weighted by Crippen LogP contribution is 2.34. The second kappa shape index (κ2) is 9.47. The van der Waals surface area contributed by atoms with E-state index in [0.29, 0.717) is 51.3 Å². The maximum Gasteiger partial charge on any atom is 0.224 e. The van der Waals surface area contributed by atoms with E-state index in [0.717, 1.165) is 17.5 Å². The molecule has 2 aromatic carbocycles. The molecule has 4 heterocycles. The van der Waals surface area contributed by atoms with Crippen LogP contribution in [-0.2, 0) is 4.79 Å². The van der Waals surface area contributed by atoms with Gasteiger partial charge in [-0.2, -0.15) is 5.10 Å². The van der Waals surface area contributed by atoms with Crippen molar-refractivity contribution in [1.82, 2.24) is 30.1 Å². The van der Waals surface area contributed by atoms with E-state index in [2.05, 4.69) is 35.5 Å². The summed E-state index contributed by atoms with van der Waals surface area (Å²) < 4.78 is 28.6. The molecule has 0 atom stereocenters. The van der Waals surface area contributed by atoms with Gasteiger partial charge < -0.3 is 10.3 Å². The summed E-state index contributed by atoms with van der Waals surface area (Å²) in [5.41, 5.74) is 5.11. The van der Waals surface area contributed by atoms with Gasteiger partial charge in [0.15, 0.2) is 17.3 Å². The molecule has 0 saturated carbocycles. The van der Waals surface area contributed by atoms with Gasteiger partial charge in [0, 0.05) is 35.3 Å². The molecule has 0 aliphatic rings. The summed E-state index contributed by atoms with van der Waals surface area (Å²) in [7, 11) is 0. The number of anilines is 1. The number of fused-ring (bicyclic) bond motifs is 2. The third-order valence-electron chi connectivity index (χ3n) is 6.23. The average Bonchev–Trinajstić information content (AvgIpc) is 3.54. The van der Waals surface area contributed by atoms with Crippen molar-refractivity contribution in [2.24, 2.45) is 0 Å². The zero-order valence-electron chi connectivity index (χ0n) is 20.2. The van der Waals surface area contributed by atoms with E-state index >= 15 is 4.39 Å². The fraction of sp³-hybridized carbons (Fsp3) is 0.107. The molecular formula is C28H21F2N7O. The predicted molar refractivity (Wildman–Crippen MR) is 141 cm³/mol. The maximum absolute atomic E-state index is 15.1. The number of carbonyl (C=O) groups excluding carboxylic acids is 1. The summed E-state index contributed by atoms with van der Waals surface area (Å²) in [6.45, 7) is 1.93. The van der Waals surface area contributed by atoms with Gasteiger partial charge in [0.2, 0.25) is 5.91 Å². The fourth-order valence-corrected chi connectivity index (χ4v) is 4.44. The Hall–Kier alpha value is -4.99. The van der Waals surface area contributed by atoms with Crippen molar-refractivity contribution in [3.63, 3.8) is 0 Å². The van der Waals surface area contributed by atoms with Crippen LogP contribution in [-0.4, -0.2) is 36.0 Å². The van der Waals surface area contributed by atoms with E-state index in [4.69, 9.17) is 0 Å². The first-order valence-electron chi connectivity index (χ1n) is 12.0. The Kier molecular flexibility index (Phi) is 5.83. The van der Waals surface area contributed by atoms with E-state index in [1.54, 1.807) is 42.9 Å². The average molecular weight is 510 g/mol. The van der Waals surface area contributed by atoms with Crippen LogP contribution in [0.3, 0.4) is 0 Å². The molecule has 1 amide bonds. The zero-order valence-corrected chi connectivity index (χ0v) is 20.2. The molecule has 0 unspecified atom stereocenters. The summed E-state index contributed by atoms with van der Waals surface area (Å²) in [6, 6.07) is 12.9. The quantitative estimate of drug-likeness (QED) is 0.246. The molecule has 0 saturated heterocycles.